The second kappa shape index (κ2) is 9.08. The van der Waals surface area contributed by atoms with Crippen molar-refractivity contribution in [3.63, 3.8) is 0 Å². The first kappa shape index (κ1) is 22.8. The fourth-order valence-electron chi connectivity index (χ4n) is 4.36. The number of nitrogens with one attached hydrogen (secondary N) is 2. The third-order valence-electron chi connectivity index (χ3n) is 6.56. The summed E-state index contributed by atoms with van der Waals surface area (Å²) < 4.78 is 5.02. The van der Waals surface area contributed by atoms with E-state index in [4.69, 9.17) is 4.74 Å². The molecule has 1 heterocycles. The fraction of sp³-hybridized carbons (Fsp3) is 0.565. The molecule has 3 atom stereocenters. The highest BCUT2D eigenvalue weighted by molar-refractivity contribution is 6.09. The summed E-state index contributed by atoms with van der Waals surface area (Å²) in [5.41, 5.74) is 2.33. The van der Waals surface area contributed by atoms with E-state index in [0.717, 1.165) is 35.3 Å². The molecule has 1 saturated carbocycles. The number of aryl methyl sites for hydroxylation is 2. The lowest BCUT2D eigenvalue weighted by Crippen LogP contribution is -2.54. The summed E-state index contributed by atoms with van der Waals surface area (Å²) in [4.78, 5) is 50.5. The molecular weight excluding hydrogens is 398 g/mol. The van der Waals surface area contributed by atoms with Crippen molar-refractivity contribution in [2.75, 3.05) is 13.2 Å². The van der Waals surface area contributed by atoms with Gasteiger partial charge in [0.1, 0.15) is 12.1 Å². The maximum atomic E-state index is 12.9. The number of esters is 1. The van der Waals surface area contributed by atoms with Gasteiger partial charge < -0.3 is 15.4 Å². The molecule has 31 heavy (non-hydrogen) atoms. The molecule has 2 fully saturated rings. The SMILES string of the molecule is Cc1ccc([C@H](C)NC(=O)COC(=O)CN2C(=O)N[C@@]3(CCCC[C@@H]3C)C2=O)cc1C. The van der Waals surface area contributed by atoms with E-state index in [1.54, 1.807) is 0 Å². The minimum Gasteiger partial charge on any atom is -0.454 e. The Labute approximate surface area is 182 Å². The van der Waals surface area contributed by atoms with Crippen LogP contribution in [0.1, 0.15) is 62.3 Å². The minimum atomic E-state index is -0.922. The smallest absolute Gasteiger partial charge is 0.326 e. The van der Waals surface area contributed by atoms with Gasteiger partial charge in [-0.15, -0.1) is 0 Å². The lowest BCUT2D eigenvalue weighted by Gasteiger charge is -2.36. The van der Waals surface area contributed by atoms with Crippen molar-refractivity contribution >= 4 is 23.8 Å². The Kier molecular flexibility index (Phi) is 6.67. The molecule has 1 saturated heterocycles. The number of ether oxygens (including phenoxy) is 1. The Morgan fingerprint density at radius 3 is 2.68 bits per heavy atom. The summed E-state index contributed by atoms with van der Waals surface area (Å²) in [6, 6.07) is 5.11. The standard InChI is InChI=1S/C23H31N3O5/c1-14-8-9-18(11-15(14)2)17(4)24-19(27)13-31-20(28)12-26-21(29)23(25-22(26)30)10-6-5-7-16(23)3/h8-9,11,16-17H,5-7,10,12-13H2,1-4H3,(H,24,27)(H,25,30)/t16-,17-,23+/m0/s1. The molecule has 3 rings (SSSR count). The van der Waals surface area contributed by atoms with Crippen LogP contribution in [0.2, 0.25) is 0 Å². The number of carbonyl (C=O) groups is 4. The van der Waals surface area contributed by atoms with E-state index in [1.807, 2.05) is 45.9 Å². The van der Waals surface area contributed by atoms with Gasteiger partial charge in [-0.2, -0.15) is 0 Å². The van der Waals surface area contributed by atoms with Gasteiger partial charge >= 0.3 is 12.0 Å². The zero-order chi connectivity index (χ0) is 22.8. The van der Waals surface area contributed by atoms with Crippen molar-refractivity contribution in [3.8, 4) is 0 Å². The maximum Gasteiger partial charge on any atom is 0.326 e. The molecule has 0 radical (unpaired) electrons. The van der Waals surface area contributed by atoms with Crippen LogP contribution in [0, 0.1) is 19.8 Å². The number of amides is 4. The molecule has 4 amide bonds. The van der Waals surface area contributed by atoms with Crippen LogP contribution < -0.4 is 10.6 Å². The molecule has 1 aliphatic carbocycles. The largest absolute Gasteiger partial charge is 0.454 e. The summed E-state index contributed by atoms with van der Waals surface area (Å²) in [5, 5.41) is 5.58. The van der Waals surface area contributed by atoms with Gasteiger partial charge in [0.2, 0.25) is 0 Å². The number of hydrogen-bond acceptors (Lipinski definition) is 5. The first-order valence-corrected chi connectivity index (χ1v) is 10.8. The third kappa shape index (κ3) is 4.73. The van der Waals surface area contributed by atoms with Crippen molar-refractivity contribution < 1.29 is 23.9 Å². The molecule has 1 aromatic carbocycles. The van der Waals surface area contributed by atoms with Crippen molar-refractivity contribution in [1.82, 2.24) is 15.5 Å². The molecular formula is C23H31N3O5. The summed E-state index contributed by atoms with van der Waals surface area (Å²) in [6.45, 7) is 6.84. The summed E-state index contributed by atoms with van der Waals surface area (Å²) in [5.74, 6) is -1.61. The van der Waals surface area contributed by atoms with E-state index in [2.05, 4.69) is 10.6 Å². The molecule has 2 aliphatic rings. The van der Waals surface area contributed by atoms with E-state index < -0.39 is 36.6 Å². The van der Waals surface area contributed by atoms with Crippen LogP contribution >= 0.6 is 0 Å². The summed E-state index contributed by atoms with van der Waals surface area (Å²) in [7, 11) is 0. The predicted molar refractivity (Wildman–Crippen MR) is 114 cm³/mol. The van der Waals surface area contributed by atoms with Crippen LogP contribution in [0.5, 0.6) is 0 Å². The Morgan fingerprint density at radius 2 is 2.00 bits per heavy atom. The Hall–Kier alpha value is -2.90. The van der Waals surface area contributed by atoms with Crippen molar-refractivity contribution in [3.05, 3.63) is 34.9 Å². The lowest BCUT2D eigenvalue weighted by atomic mass is 9.73. The van der Waals surface area contributed by atoms with Crippen LogP contribution in [-0.2, 0) is 19.1 Å². The van der Waals surface area contributed by atoms with Crippen molar-refractivity contribution in [2.24, 2.45) is 5.92 Å². The van der Waals surface area contributed by atoms with Crippen LogP contribution in [0.4, 0.5) is 4.79 Å². The van der Waals surface area contributed by atoms with Gasteiger partial charge in [-0.05, 0) is 56.2 Å². The van der Waals surface area contributed by atoms with Gasteiger partial charge in [-0.25, -0.2) is 4.79 Å². The first-order chi connectivity index (χ1) is 14.6. The van der Waals surface area contributed by atoms with E-state index in [0.29, 0.717) is 6.42 Å². The highest BCUT2D eigenvalue weighted by Gasteiger charge is 2.55. The van der Waals surface area contributed by atoms with Crippen LogP contribution in [-0.4, -0.2) is 47.4 Å². The fourth-order valence-corrected chi connectivity index (χ4v) is 4.36. The topological polar surface area (TPSA) is 105 Å². The molecule has 0 unspecified atom stereocenters. The normalized spacial score (nSPS) is 24.1. The van der Waals surface area contributed by atoms with Gasteiger partial charge in [0, 0.05) is 0 Å². The van der Waals surface area contributed by atoms with Gasteiger partial charge in [0.05, 0.1) is 6.04 Å². The second-order valence-corrected chi connectivity index (χ2v) is 8.73. The Balaban J connectivity index is 1.50. The van der Waals surface area contributed by atoms with Crippen molar-refractivity contribution in [1.29, 1.82) is 0 Å². The van der Waals surface area contributed by atoms with Gasteiger partial charge in [-0.1, -0.05) is 38.0 Å². The monoisotopic (exact) mass is 429 g/mol. The van der Waals surface area contributed by atoms with Gasteiger partial charge in [0.15, 0.2) is 6.61 Å². The molecule has 1 spiro atoms. The minimum absolute atomic E-state index is 0.0106. The van der Waals surface area contributed by atoms with Crippen molar-refractivity contribution in [2.45, 2.75) is 65.0 Å². The molecule has 1 aliphatic heterocycles. The van der Waals surface area contributed by atoms with E-state index in [1.165, 1.54) is 5.56 Å². The lowest BCUT2D eigenvalue weighted by molar-refractivity contribution is -0.151. The number of rotatable bonds is 6. The zero-order valence-corrected chi connectivity index (χ0v) is 18.6. The summed E-state index contributed by atoms with van der Waals surface area (Å²) >= 11 is 0. The quantitative estimate of drug-likeness (QED) is 0.534. The van der Waals surface area contributed by atoms with E-state index in [9.17, 15) is 19.2 Å². The van der Waals surface area contributed by atoms with Crippen LogP contribution in [0.15, 0.2) is 18.2 Å². The maximum absolute atomic E-state index is 12.9. The number of imide groups is 1. The molecule has 1 aromatic rings. The number of urea groups is 1. The highest BCUT2D eigenvalue weighted by Crippen LogP contribution is 2.38. The Bertz CT molecular complexity index is 899. The molecule has 8 heteroatoms. The molecule has 0 bridgehead atoms. The van der Waals surface area contributed by atoms with E-state index >= 15 is 0 Å². The zero-order valence-electron chi connectivity index (χ0n) is 18.6. The number of nitrogens with zero attached hydrogens (tertiary/aromatic N) is 1. The highest BCUT2D eigenvalue weighted by atomic mass is 16.5. The molecule has 0 aromatic heterocycles. The molecule has 8 nitrogen and oxygen atoms in total. The van der Waals surface area contributed by atoms with Gasteiger partial charge in [0.25, 0.3) is 11.8 Å². The number of carbonyl (C=O) groups excluding carboxylic acids is 4. The third-order valence-corrected chi connectivity index (χ3v) is 6.56. The predicted octanol–water partition coefficient (Wildman–Crippen LogP) is 2.52. The second-order valence-electron chi connectivity index (χ2n) is 8.73. The van der Waals surface area contributed by atoms with Crippen LogP contribution in [0.3, 0.4) is 0 Å². The number of hydrogen-bond donors (Lipinski definition) is 2. The summed E-state index contributed by atoms with van der Waals surface area (Å²) in [6.07, 6.45) is 3.30. The van der Waals surface area contributed by atoms with E-state index in [-0.39, 0.29) is 17.9 Å². The average Bonchev–Trinajstić information content (AvgIpc) is 2.95. The molecule has 2 N–H and O–H groups in total. The molecule has 168 valence electrons. The number of benzene rings is 1. The first-order valence-electron chi connectivity index (χ1n) is 10.8. The van der Waals surface area contributed by atoms with Crippen LogP contribution in [0.25, 0.3) is 0 Å². The average molecular weight is 430 g/mol. The van der Waals surface area contributed by atoms with Gasteiger partial charge in [-0.3, -0.25) is 19.3 Å². The Morgan fingerprint density at radius 1 is 1.26 bits per heavy atom.